The third-order valence-electron chi connectivity index (χ3n) is 4.55. The van der Waals surface area contributed by atoms with Crippen molar-refractivity contribution < 1.29 is 0 Å². The Balaban J connectivity index is 1.67. The zero-order chi connectivity index (χ0) is 13.2. The van der Waals surface area contributed by atoms with E-state index in [0.717, 1.165) is 12.1 Å². The molecule has 3 rings (SSSR count). The summed E-state index contributed by atoms with van der Waals surface area (Å²) in [7, 11) is 0. The van der Waals surface area contributed by atoms with Gasteiger partial charge in [0.15, 0.2) is 0 Å². The molecule has 0 aromatic carbocycles. The first-order valence-corrected chi connectivity index (χ1v) is 8.67. The van der Waals surface area contributed by atoms with E-state index in [-0.39, 0.29) is 0 Å². The second-order valence-electron chi connectivity index (χ2n) is 6.05. The molecule has 1 aliphatic heterocycles. The van der Waals surface area contributed by atoms with Crippen LogP contribution in [-0.4, -0.2) is 30.1 Å². The number of nitrogens with one attached hydrogen (secondary N) is 1. The topological polar surface area (TPSA) is 15.3 Å². The lowest BCUT2D eigenvalue weighted by molar-refractivity contribution is 0.184. The van der Waals surface area contributed by atoms with Crippen LogP contribution in [0, 0.1) is 0 Å². The highest BCUT2D eigenvalue weighted by Crippen LogP contribution is 2.37. The third kappa shape index (κ3) is 3.21. The maximum Gasteiger partial charge on any atom is 0.0416 e. The molecular weight excluding hydrogens is 252 g/mol. The zero-order valence-electron chi connectivity index (χ0n) is 12.2. The minimum Gasteiger partial charge on any atom is -0.313 e. The van der Waals surface area contributed by atoms with Gasteiger partial charge in [-0.2, -0.15) is 0 Å². The van der Waals surface area contributed by atoms with Crippen LogP contribution in [-0.2, 0) is 6.42 Å². The minimum absolute atomic E-state index is 0.597. The molecule has 0 spiro atoms. The van der Waals surface area contributed by atoms with Crippen LogP contribution in [0.5, 0.6) is 0 Å². The first-order valence-electron chi connectivity index (χ1n) is 7.85. The summed E-state index contributed by atoms with van der Waals surface area (Å²) in [4.78, 5) is 5.84. The van der Waals surface area contributed by atoms with Crippen molar-refractivity contribution in [2.45, 2.75) is 64.1 Å². The van der Waals surface area contributed by atoms with E-state index in [1.165, 1.54) is 50.1 Å². The molecule has 1 N–H and O–H groups in total. The molecule has 3 heteroatoms. The Kier molecular flexibility index (Phi) is 4.25. The first-order chi connectivity index (χ1) is 9.28. The van der Waals surface area contributed by atoms with Crippen molar-refractivity contribution in [3.63, 3.8) is 0 Å². The van der Waals surface area contributed by atoms with Gasteiger partial charge < -0.3 is 5.32 Å². The van der Waals surface area contributed by atoms with Gasteiger partial charge in [-0.25, -0.2) is 0 Å². The summed E-state index contributed by atoms with van der Waals surface area (Å²) in [5, 5.41) is 3.65. The smallest absolute Gasteiger partial charge is 0.0416 e. The molecular formula is C16H26N2S. The van der Waals surface area contributed by atoms with E-state index < -0.39 is 0 Å². The fraction of sp³-hybridized carbons (Fsp3) is 0.750. The number of rotatable bonds is 6. The Hall–Kier alpha value is -0.380. The average molecular weight is 278 g/mol. The Morgan fingerprint density at radius 3 is 2.79 bits per heavy atom. The monoisotopic (exact) mass is 278 g/mol. The zero-order valence-corrected chi connectivity index (χ0v) is 13.0. The molecule has 0 amide bonds. The lowest BCUT2D eigenvalue weighted by Gasteiger charge is -2.31. The number of nitrogens with zero attached hydrogens (tertiary/aromatic N) is 1. The number of hydrogen-bond acceptors (Lipinski definition) is 3. The van der Waals surface area contributed by atoms with Gasteiger partial charge in [0.05, 0.1) is 0 Å². The van der Waals surface area contributed by atoms with Crippen LogP contribution in [0.1, 0.15) is 55.3 Å². The van der Waals surface area contributed by atoms with Crippen molar-refractivity contribution in [3.05, 3.63) is 21.9 Å². The summed E-state index contributed by atoms with van der Waals surface area (Å²) in [5.41, 5.74) is 0. The predicted octanol–water partition coefficient (Wildman–Crippen LogP) is 3.59. The molecule has 0 bridgehead atoms. The first kappa shape index (κ1) is 13.6. The fourth-order valence-corrected chi connectivity index (χ4v) is 4.19. The maximum absolute atomic E-state index is 3.65. The van der Waals surface area contributed by atoms with Gasteiger partial charge in [-0.05, 0) is 57.7 Å². The molecule has 2 atom stereocenters. The van der Waals surface area contributed by atoms with Crippen molar-refractivity contribution in [3.8, 4) is 0 Å². The molecule has 1 aliphatic carbocycles. The van der Waals surface area contributed by atoms with Gasteiger partial charge in [0.1, 0.15) is 0 Å². The van der Waals surface area contributed by atoms with Crippen LogP contribution in [0.4, 0.5) is 0 Å². The minimum atomic E-state index is 0.597. The van der Waals surface area contributed by atoms with Crippen LogP contribution in [0.3, 0.4) is 0 Å². The Bertz CT molecular complexity index is 405. The van der Waals surface area contributed by atoms with Gasteiger partial charge in [-0.1, -0.05) is 6.92 Å². The molecule has 0 radical (unpaired) electrons. The summed E-state index contributed by atoms with van der Waals surface area (Å²) < 4.78 is 0. The highest BCUT2D eigenvalue weighted by molar-refractivity contribution is 7.12. The summed E-state index contributed by atoms with van der Waals surface area (Å²) in [5.74, 6) is 0. The van der Waals surface area contributed by atoms with Crippen molar-refractivity contribution in [1.82, 2.24) is 10.2 Å². The predicted molar refractivity (Wildman–Crippen MR) is 82.9 cm³/mol. The molecule has 1 saturated carbocycles. The van der Waals surface area contributed by atoms with Crippen LogP contribution < -0.4 is 5.32 Å². The standard InChI is InChI=1S/C16H26N2S/c1-3-15-8-9-16(19-15)12(2)18(14-6-7-14)11-13-5-4-10-17-13/h8-9,12-14,17H,3-7,10-11H2,1-2H3. The lowest BCUT2D eigenvalue weighted by Crippen LogP contribution is -2.40. The summed E-state index contributed by atoms with van der Waals surface area (Å²) in [6, 6.07) is 6.85. The molecule has 1 aromatic heterocycles. The number of thiophene rings is 1. The van der Waals surface area contributed by atoms with E-state index in [1.54, 1.807) is 4.88 Å². The van der Waals surface area contributed by atoms with E-state index in [1.807, 2.05) is 11.3 Å². The number of hydrogen-bond donors (Lipinski definition) is 1. The largest absolute Gasteiger partial charge is 0.313 e. The molecule has 19 heavy (non-hydrogen) atoms. The highest BCUT2D eigenvalue weighted by atomic mass is 32.1. The second kappa shape index (κ2) is 5.94. The quantitative estimate of drug-likeness (QED) is 0.855. The van der Waals surface area contributed by atoms with Gasteiger partial charge in [0.25, 0.3) is 0 Å². The van der Waals surface area contributed by atoms with Crippen molar-refractivity contribution >= 4 is 11.3 Å². The SMILES string of the molecule is CCc1ccc(C(C)N(CC2CCCN2)C2CC2)s1. The van der Waals surface area contributed by atoms with Gasteiger partial charge >= 0.3 is 0 Å². The van der Waals surface area contributed by atoms with Crippen molar-refractivity contribution in [2.24, 2.45) is 0 Å². The van der Waals surface area contributed by atoms with Gasteiger partial charge in [0, 0.05) is 34.4 Å². The molecule has 1 aromatic rings. The molecule has 2 fully saturated rings. The Morgan fingerprint density at radius 1 is 1.37 bits per heavy atom. The van der Waals surface area contributed by atoms with Crippen LogP contribution in [0.15, 0.2) is 12.1 Å². The average Bonchev–Trinajstić information content (AvgIpc) is 2.95. The van der Waals surface area contributed by atoms with Crippen molar-refractivity contribution in [1.29, 1.82) is 0 Å². The summed E-state index contributed by atoms with van der Waals surface area (Å²) in [6.45, 7) is 7.11. The van der Waals surface area contributed by atoms with Crippen LogP contribution >= 0.6 is 11.3 Å². The van der Waals surface area contributed by atoms with Crippen LogP contribution in [0.2, 0.25) is 0 Å². The summed E-state index contributed by atoms with van der Waals surface area (Å²) in [6.07, 6.45) is 6.70. The molecule has 2 unspecified atom stereocenters. The molecule has 106 valence electrons. The molecule has 2 aliphatic rings. The Labute approximate surface area is 121 Å². The van der Waals surface area contributed by atoms with E-state index in [9.17, 15) is 0 Å². The highest BCUT2D eigenvalue weighted by Gasteiger charge is 2.35. The molecule has 1 saturated heterocycles. The number of aryl methyl sites for hydroxylation is 1. The second-order valence-corrected chi connectivity index (χ2v) is 7.25. The molecule has 2 heterocycles. The van der Waals surface area contributed by atoms with E-state index in [0.29, 0.717) is 6.04 Å². The molecule has 2 nitrogen and oxygen atoms in total. The van der Waals surface area contributed by atoms with Gasteiger partial charge in [-0.15, -0.1) is 11.3 Å². The van der Waals surface area contributed by atoms with E-state index in [2.05, 4.69) is 36.2 Å². The normalized spacial score (nSPS) is 25.1. The van der Waals surface area contributed by atoms with E-state index >= 15 is 0 Å². The van der Waals surface area contributed by atoms with Gasteiger partial charge in [-0.3, -0.25) is 4.90 Å². The summed E-state index contributed by atoms with van der Waals surface area (Å²) >= 11 is 2.01. The Morgan fingerprint density at radius 2 is 2.21 bits per heavy atom. The van der Waals surface area contributed by atoms with E-state index in [4.69, 9.17) is 0 Å². The lowest BCUT2D eigenvalue weighted by atomic mass is 10.1. The van der Waals surface area contributed by atoms with Crippen LogP contribution in [0.25, 0.3) is 0 Å². The fourth-order valence-electron chi connectivity index (χ4n) is 3.17. The maximum atomic E-state index is 3.65. The van der Waals surface area contributed by atoms with Gasteiger partial charge in [0.2, 0.25) is 0 Å². The third-order valence-corrected chi connectivity index (χ3v) is 5.95. The van der Waals surface area contributed by atoms with Crippen molar-refractivity contribution in [2.75, 3.05) is 13.1 Å².